The Morgan fingerprint density at radius 1 is 1.09 bits per heavy atom. The van der Waals surface area contributed by atoms with Gasteiger partial charge < -0.3 is 25.6 Å². The molecule has 3 rings (SSSR count). The maximum atomic E-state index is 14.0. The van der Waals surface area contributed by atoms with Crippen molar-refractivity contribution in [3.8, 4) is 0 Å². The topological polar surface area (TPSA) is 177 Å². The first-order valence-electron chi connectivity index (χ1n) is 15.5. The fraction of sp³-hybridized carbons (Fsp3) is 0.606. The number of amides is 4. The summed E-state index contributed by atoms with van der Waals surface area (Å²) >= 11 is 0. The Morgan fingerprint density at radius 3 is 2.22 bits per heavy atom. The molecule has 1 aliphatic carbocycles. The monoisotopic (exact) mass is 641 g/mol. The van der Waals surface area contributed by atoms with Crippen molar-refractivity contribution in [2.24, 2.45) is 22.7 Å². The summed E-state index contributed by atoms with van der Waals surface area (Å²) in [5.74, 6) is -2.88. The largest absolute Gasteiger partial charge is 0.444 e. The number of carbonyl (C=O) groups excluding carboxylic acids is 5. The van der Waals surface area contributed by atoms with Crippen LogP contribution in [0.5, 0.6) is 0 Å². The molecule has 2 aliphatic rings. The number of Topliss-reactive ketones (excluding diaryl/α,β-unsaturated/α-hetero) is 1. The highest BCUT2D eigenvalue weighted by Crippen LogP contribution is 2.65. The zero-order valence-electron chi connectivity index (χ0n) is 28.0. The zero-order chi connectivity index (χ0) is 34.8. The van der Waals surface area contributed by atoms with Crippen molar-refractivity contribution in [1.29, 1.82) is 0 Å². The number of carbonyl (C=O) groups is 5. The van der Waals surface area contributed by atoms with Crippen LogP contribution in [0.4, 0.5) is 10.5 Å². The summed E-state index contributed by atoms with van der Waals surface area (Å²) in [6.07, 6.45) is 1.000. The molecule has 1 aromatic carbocycles. The van der Waals surface area contributed by atoms with E-state index < -0.39 is 63.7 Å². The van der Waals surface area contributed by atoms with Gasteiger partial charge in [0.25, 0.3) is 11.6 Å². The number of ketones is 1. The number of benzene rings is 1. The molecule has 1 aromatic rings. The summed E-state index contributed by atoms with van der Waals surface area (Å²) in [6, 6.07) is 2.74. The van der Waals surface area contributed by atoms with Crippen LogP contribution in [0.25, 0.3) is 0 Å². The number of nitro benzene ring substituents is 1. The normalized spacial score (nSPS) is 21.2. The first-order valence-corrected chi connectivity index (χ1v) is 15.5. The van der Waals surface area contributed by atoms with Gasteiger partial charge >= 0.3 is 6.09 Å². The highest BCUT2D eigenvalue weighted by molar-refractivity contribution is 6.38. The Hall–Kier alpha value is -4.29. The van der Waals surface area contributed by atoms with Crippen molar-refractivity contribution in [3.05, 3.63) is 52.6 Å². The average Bonchev–Trinajstić information content (AvgIpc) is 3.26. The molecule has 1 saturated carbocycles. The molecule has 3 N–H and O–H groups in total. The summed E-state index contributed by atoms with van der Waals surface area (Å²) in [5, 5.41) is 18.8. The highest BCUT2D eigenvalue weighted by atomic mass is 16.6. The molecular weight excluding hydrogens is 594 g/mol. The predicted octanol–water partition coefficient (Wildman–Crippen LogP) is 3.31. The number of fused-ring (bicyclic) bond motifs is 1. The Morgan fingerprint density at radius 2 is 1.70 bits per heavy atom. The summed E-state index contributed by atoms with van der Waals surface area (Å²) in [5.41, 5.74) is -1.03. The van der Waals surface area contributed by atoms with Crippen molar-refractivity contribution in [2.45, 2.75) is 92.0 Å². The lowest BCUT2D eigenvalue weighted by atomic mass is 9.85. The van der Waals surface area contributed by atoms with Gasteiger partial charge in [-0.05, 0) is 61.8 Å². The third-order valence-corrected chi connectivity index (χ3v) is 8.64. The second kappa shape index (κ2) is 13.6. The van der Waals surface area contributed by atoms with Gasteiger partial charge in [-0.3, -0.25) is 29.3 Å². The van der Waals surface area contributed by atoms with E-state index >= 15 is 0 Å². The van der Waals surface area contributed by atoms with E-state index in [0.717, 1.165) is 5.56 Å². The number of nitrogens with zero attached hydrogens (tertiary/aromatic N) is 2. The van der Waals surface area contributed by atoms with Crippen LogP contribution in [-0.2, 0) is 30.3 Å². The van der Waals surface area contributed by atoms with E-state index in [1.165, 1.54) is 23.1 Å². The number of ether oxygens (including phenoxy) is 1. The smallest absolute Gasteiger partial charge is 0.408 e. The van der Waals surface area contributed by atoms with Crippen molar-refractivity contribution >= 4 is 35.3 Å². The third kappa shape index (κ3) is 8.49. The van der Waals surface area contributed by atoms with Crippen LogP contribution < -0.4 is 16.0 Å². The molecular formula is C33H47N5O8. The molecule has 46 heavy (non-hydrogen) atoms. The lowest BCUT2D eigenvalue weighted by molar-refractivity contribution is -0.384. The van der Waals surface area contributed by atoms with Crippen LogP contribution in [0.2, 0.25) is 0 Å². The molecule has 0 unspecified atom stereocenters. The molecule has 252 valence electrons. The maximum absolute atomic E-state index is 14.0. The third-order valence-electron chi connectivity index (χ3n) is 8.64. The fourth-order valence-corrected chi connectivity index (χ4v) is 6.06. The van der Waals surface area contributed by atoms with Gasteiger partial charge in [0, 0.05) is 25.2 Å². The number of piperidine rings is 1. The van der Waals surface area contributed by atoms with E-state index in [1.54, 1.807) is 32.9 Å². The summed E-state index contributed by atoms with van der Waals surface area (Å²) in [7, 11) is 0. The Bertz CT molecular complexity index is 1380. The van der Waals surface area contributed by atoms with Crippen LogP contribution in [-0.4, -0.2) is 76.2 Å². The van der Waals surface area contributed by atoms with Crippen molar-refractivity contribution in [1.82, 2.24) is 20.9 Å². The minimum atomic E-state index is -1.21. The molecule has 0 bridgehead atoms. The summed E-state index contributed by atoms with van der Waals surface area (Å²) < 4.78 is 5.40. The van der Waals surface area contributed by atoms with Gasteiger partial charge in [-0.1, -0.05) is 52.8 Å². The second-order valence-electron chi connectivity index (χ2n) is 14.7. The quantitative estimate of drug-likeness (QED) is 0.135. The van der Waals surface area contributed by atoms with E-state index in [9.17, 15) is 34.1 Å². The van der Waals surface area contributed by atoms with E-state index in [1.807, 2.05) is 34.6 Å². The average molecular weight is 642 g/mol. The molecule has 1 aliphatic heterocycles. The lowest BCUT2D eigenvalue weighted by Gasteiger charge is -2.38. The lowest BCUT2D eigenvalue weighted by Crippen LogP contribution is -2.60. The molecule has 2 fully saturated rings. The highest BCUT2D eigenvalue weighted by Gasteiger charge is 2.70. The number of nitro groups is 1. The number of rotatable bonds is 12. The molecule has 0 spiro atoms. The minimum absolute atomic E-state index is 0.0106. The molecule has 0 aromatic heterocycles. The van der Waals surface area contributed by atoms with E-state index in [2.05, 4.69) is 22.5 Å². The molecule has 1 saturated heterocycles. The van der Waals surface area contributed by atoms with Crippen LogP contribution in [0.3, 0.4) is 0 Å². The van der Waals surface area contributed by atoms with Gasteiger partial charge in [0.2, 0.25) is 17.6 Å². The van der Waals surface area contributed by atoms with Crippen LogP contribution in [0, 0.1) is 32.8 Å². The van der Waals surface area contributed by atoms with E-state index in [4.69, 9.17) is 4.74 Å². The Kier molecular flexibility index (Phi) is 10.7. The van der Waals surface area contributed by atoms with E-state index in [-0.39, 0.29) is 35.9 Å². The number of non-ortho nitro benzene ring substituents is 1. The fourth-order valence-electron chi connectivity index (χ4n) is 6.06. The molecule has 0 radical (unpaired) electrons. The minimum Gasteiger partial charge on any atom is -0.444 e. The van der Waals surface area contributed by atoms with Gasteiger partial charge in [-0.2, -0.15) is 0 Å². The molecule has 1 heterocycles. The first kappa shape index (κ1) is 36.2. The maximum Gasteiger partial charge on any atom is 0.408 e. The predicted molar refractivity (Wildman–Crippen MR) is 170 cm³/mol. The van der Waals surface area contributed by atoms with Crippen molar-refractivity contribution in [3.63, 3.8) is 0 Å². The SMILES string of the molecule is C=CC[C@H](NC(=O)[C@@H]1[C@@H]2[C@H](CN1C(=O)[C@@H](NC(=O)OC(C)(C)C)C(C)(C)C)C2(C)C)C(=O)C(=O)NCCc1ccc([N+](=O)[O-])cc1. The second-order valence-corrected chi connectivity index (χ2v) is 14.7. The summed E-state index contributed by atoms with van der Waals surface area (Å²) in [4.78, 5) is 78.4. The number of likely N-dealkylation sites (tertiary alicyclic amines) is 1. The van der Waals surface area contributed by atoms with Gasteiger partial charge in [0.15, 0.2) is 0 Å². The van der Waals surface area contributed by atoms with Crippen LogP contribution in [0.15, 0.2) is 36.9 Å². The Balaban J connectivity index is 1.72. The molecule has 4 amide bonds. The molecule has 13 nitrogen and oxygen atoms in total. The standard InChI is InChI=1S/C33H47N5O8/c1-10-11-22(25(39)28(41)34-17-16-19-12-14-20(15-13-19)38(44)45)35-27(40)24-23-21(33(23,8)9)18-37(24)29(42)26(31(2,3)4)36-30(43)46-32(5,6)7/h10,12-15,21-24,26H,1,11,16-18H2,2-9H3,(H,34,41)(H,35,40)(H,36,43)/t21-,22-,23-,24-,26+/m0/s1. The Labute approximate surface area is 270 Å². The number of nitrogens with one attached hydrogen (secondary N) is 3. The van der Waals surface area contributed by atoms with Crippen molar-refractivity contribution < 1.29 is 33.6 Å². The molecule has 5 atom stereocenters. The zero-order valence-corrected chi connectivity index (χ0v) is 28.0. The number of alkyl carbamates (subject to hydrolysis) is 1. The van der Waals surface area contributed by atoms with Crippen LogP contribution in [0.1, 0.15) is 67.4 Å². The van der Waals surface area contributed by atoms with Gasteiger partial charge in [-0.15, -0.1) is 6.58 Å². The molecule has 13 heteroatoms. The van der Waals surface area contributed by atoms with Crippen molar-refractivity contribution in [2.75, 3.05) is 13.1 Å². The van der Waals surface area contributed by atoms with Gasteiger partial charge in [0.1, 0.15) is 23.7 Å². The van der Waals surface area contributed by atoms with Crippen LogP contribution >= 0.6 is 0 Å². The number of hydrogen-bond acceptors (Lipinski definition) is 8. The summed E-state index contributed by atoms with van der Waals surface area (Å²) in [6.45, 7) is 18.7. The first-order chi connectivity index (χ1) is 21.2. The van der Waals surface area contributed by atoms with Gasteiger partial charge in [-0.25, -0.2) is 4.79 Å². The number of hydrogen-bond donors (Lipinski definition) is 3. The van der Waals surface area contributed by atoms with Gasteiger partial charge in [0.05, 0.1) is 4.92 Å². The van der Waals surface area contributed by atoms with E-state index in [0.29, 0.717) is 13.0 Å².